The number of benzene rings is 1. The molecule has 0 unspecified atom stereocenters. The molecular formula is C23H33N3O5. The number of aliphatic hydroxyl groups excluding tert-OH is 1. The third-order valence-electron chi connectivity index (χ3n) is 6.43. The smallest absolute Gasteiger partial charge is 0.319 e. The van der Waals surface area contributed by atoms with Gasteiger partial charge in [-0.3, -0.25) is 4.79 Å². The molecule has 0 aromatic heterocycles. The van der Waals surface area contributed by atoms with Crippen LogP contribution in [0.3, 0.4) is 0 Å². The van der Waals surface area contributed by atoms with Crippen LogP contribution in [0, 0.1) is 0 Å². The standard InChI is InChI=1S/C23H33N3O5/c1-2-9-24-21(28)12-16-11-18-17-10-15(26-23(29)25-14-5-3-4-6-14)7-8-19(17)31-22(18)20(13-27)30-16/h7-8,10,14,16,18,20,22,27H,2-6,9,11-13H2,1H3,(H,24,28)(H2,25,26,29)/t16-,18+,20+,22-/m1/s1. The summed E-state index contributed by atoms with van der Waals surface area (Å²) < 4.78 is 12.1. The van der Waals surface area contributed by atoms with Crippen molar-refractivity contribution in [2.75, 3.05) is 18.5 Å². The lowest BCUT2D eigenvalue weighted by Gasteiger charge is -2.37. The van der Waals surface area contributed by atoms with Crippen molar-refractivity contribution in [2.24, 2.45) is 0 Å². The summed E-state index contributed by atoms with van der Waals surface area (Å²) in [5.41, 5.74) is 1.70. The van der Waals surface area contributed by atoms with Gasteiger partial charge in [0.05, 0.1) is 19.1 Å². The summed E-state index contributed by atoms with van der Waals surface area (Å²) in [5.74, 6) is 0.708. The van der Waals surface area contributed by atoms with Gasteiger partial charge >= 0.3 is 6.03 Å². The Labute approximate surface area is 183 Å². The van der Waals surface area contributed by atoms with E-state index in [4.69, 9.17) is 9.47 Å². The van der Waals surface area contributed by atoms with E-state index in [9.17, 15) is 14.7 Å². The van der Waals surface area contributed by atoms with Crippen molar-refractivity contribution in [2.45, 2.75) is 82.1 Å². The second-order valence-electron chi connectivity index (χ2n) is 8.79. The van der Waals surface area contributed by atoms with Crippen LogP contribution >= 0.6 is 0 Å². The molecular weight excluding hydrogens is 398 g/mol. The summed E-state index contributed by atoms with van der Waals surface area (Å²) in [5, 5.41) is 18.7. The van der Waals surface area contributed by atoms with Gasteiger partial charge in [0.25, 0.3) is 0 Å². The zero-order chi connectivity index (χ0) is 21.8. The molecule has 1 aliphatic carbocycles. The molecule has 4 N–H and O–H groups in total. The van der Waals surface area contributed by atoms with Crippen LogP contribution in [0.25, 0.3) is 0 Å². The van der Waals surface area contributed by atoms with Gasteiger partial charge in [0.2, 0.25) is 5.91 Å². The van der Waals surface area contributed by atoms with Gasteiger partial charge in [-0.25, -0.2) is 4.79 Å². The highest BCUT2D eigenvalue weighted by Crippen LogP contribution is 2.47. The van der Waals surface area contributed by atoms with Crippen LogP contribution in [-0.4, -0.2) is 54.6 Å². The minimum atomic E-state index is -0.489. The van der Waals surface area contributed by atoms with Crippen LogP contribution in [0.15, 0.2) is 18.2 Å². The topological polar surface area (TPSA) is 109 Å². The minimum absolute atomic E-state index is 0.00418. The average Bonchev–Trinajstić information content (AvgIpc) is 3.39. The molecule has 4 atom stereocenters. The van der Waals surface area contributed by atoms with Crippen molar-refractivity contribution in [3.63, 3.8) is 0 Å². The second-order valence-corrected chi connectivity index (χ2v) is 8.79. The summed E-state index contributed by atoms with van der Waals surface area (Å²) in [6.07, 6.45) is 5.10. The first-order valence-corrected chi connectivity index (χ1v) is 11.5. The maximum atomic E-state index is 12.4. The van der Waals surface area contributed by atoms with Crippen LogP contribution < -0.4 is 20.7 Å². The SMILES string of the molecule is CCCNC(=O)C[C@H]1C[C@H]2c3cc(NC(=O)NC4CCCC4)ccc3O[C@H]2[C@H](CO)O1. The highest BCUT2D eigenvalue weighted by Gasteiger charge is 2.46. The Balaban J connectivity index is 1.43. The summed E-state index contributed by atoms with van der Waals surface area (Å²) in [6.45, 7) is 2.48. The lowest BCUT2D eigenvalue weighted by Crippen LogP contribution is -2.47. The molecule has 0 spiro atoms. The molecule has 1 saturated carbocycles. The van der Waals surface area contributed by atoms with Crippen LogP contribution in [0.5, 0.6) is 5.75 Å². The van der Waals surface area contributed by atoms with E-state index in [1.807, 2.05) is 25.1 Å². The van der Waals surface area contributed by atoms with Crippen LogP contribution in [0.2, 0.25) is 0 Å². The lowest BCUT2D eigenvalue weighted by atomic mass is 9.84. The van der Waals surface area contributed by atoms with Crippen molar-refractivity contribution in [1.82, 2.24) is 10.6 Å². The van der Waals surface area contributed by atoms with Crippen molar-refractivity contribution < 1.29 is 24.2 Å². The fourth-order valence-corrected chi connectivity index (χ4v) is 4.93. The predicted octanol–water partition coefficient (Wildman–Crippen LogP) is 2.66. The molecule has 0 bridgehead atoms. The van der Waals surface area contributed by atoms with E-state index in [0.717, 1.165) is 43.4 Å². The van der Waals surface area contributed by atoms with Gasteiger partial charge in [-0.05, 0) is 43.9 Å². The molecule has 1 aromatic rings. The number of ether oxygens (including phenoxy) is 2. The van der Waals surface area contributed by atoms with Crippen molar-refractivity contribution >= 4 is 17.6 Å². The van der Waals surface area contributed by atoms with E-state index in [1.54, 1.807) is 0 Å². The van der Waals surface area contributed by atoms with E-state index >= 15 is 0 Å². The number of hydrogen-bond acceptors (Lipinski definition) is 5. The van der Waals surface area contributed by atoms with Gasteiger partial charge in [0.15, 0.2) is 0 Å². The van der Waals surface area contributed by atoms with Gasteiger partial charge in [0.1, 0.15) is 18.0 Å². The molecule has 31 heavy (non-hydrogen) atoms. The molecule has 2 aliphatic heterocycles. The summed E-state index contributed by atoms with van der Waals surface area (Å²) >= 11 is 0. The Hall–Kier alpha value is -2.32. The zero-order valence-electron chi connectivity index (χ0n) is 18.1. The maximum Gasteiger partial charge on any atom is 0.319 e. The van der Waals surface area contributed by atoms with E-state index in [0.29, 0.717) is 18.7 Å². The first kappa shape index (κ1) is 21.9. The average molecular weight is 432 g/mol. The van der Waals surface area contributed by atoms with Crippen LogP contribution in [-0.2, 0) is 9.53 Å². The summed E-state index contributed by atoms with van der Waals surface area (Å²) in [7, 11) is 0. The number of carbonyl (C=O) groups is 2. The number of hydrogen-bond donors (Lipinski definition) is 4. The Kier molecular flexibility index (Phi) is 6.97. The Morgan fingerprint density at radius 3 is 2.77 bits per heavy atom. The number of anilines is 1. The van der Waals surface area contributed by atoms with Crippen molar-refractivity contribution in [3.8, 4) is 5.75 Å². The van der Waals surface area contributed by atoms with Crippen molar-refractivity contribution in [3.05, 3.63) is 23.8 Å². The Morgan fingerprint density at radius 1 is 1.23 bits per heavy atom. The molecule has 2 heterocycles. The molecule has 3 amide bonds. The second kappa shape index (κ2) is 9.87. The number of fused-ring (bicyclic) bond motifs is 3. The molecule has 1 aromatic carbocycles. The van der Waals surface area contributed by atoms with Crippen molar-refractivity contribution in [1.29, 1.82) is 0 Å². The highest BCUT2D eigenvalue weighted by molar-refractivity contribution is 5.89. The predicted molar refractivity (Wildman–Crippen MR) is 116 cm³/mol. The normalized spacial score (nSPS) is 27.2. The molecule has 2 fully saturated rings. The lowest BCUT2D eigenvalue weighted by molar-refractivity contribution is -0.142. The van der Waals surface area contributed by atoms with Crippen LogP contribution in [0.1, 0.15) is 63.4 Å². The number of amides is 3. The molecule has 1 saturated heterocycles. The molecule has 8 nitrogen and oxygen atoms in total. The quantitative estimate of drug-likeness (QED) is 0.531. The van der Waals surface area contributed by atoms with Crippen LogP contribution in [0.4, 0.5) is 10.5 Å². The number of nitrogens with one attached hydrogen (secondary N) is 3. The molecule has 0 radical (unpaired) electrons. The first-order chi connectivity index (χ1) is 15.1. The largest absolute Gasteiger partial charge is 0.487 e. The third-order valence-corrected chi connectivity index (χ3v) is 6.43. The molecule has 4 rings (SSSR count). The molecule has 3 aliphatic rings. The number of rotatable bonds is 7. The van der Waals surface area contributed by atoms with Gasteiger partial charge < -0.3 is 30.5 Å². The van der Waals surface area contributed by atoms with E-state index in [1.165, 1.54) is 0 Å². The third kappa shape index (κ3) is 5.13. The summed E-state index contributed by atoms with van der Waals surface area (Å²) in [4.78, 5) is 24.5. The van der Waals surface area contributed by atoms with Gasteiger partial charge in [-0.1, -0.05) is 19.8 Å². The number of carbonyl (C=O) groups excluding carboxylic acids is 2. The first-order valence-electron chi connectivity index (χ1n) is 11.5. The minimum Gasteiger partial charge on any atom is -0.487 e. The van der Waals surface area contributed by atoms with Gasteiger partial charge in [-0.15, -0.1) is 0 Å². The fourth-order valence-electron chi connectivity index (χ4n) is 4.93. The maximum absolute atomic E-state index is 12.4. The molecule has 170 valence electrons. The monoisotopic (exact) mass is 431 g/mol. The van der Waals surface area contributed by atoms with E-state index in [-0.39, 0.29) is 49.1 Å². The Morgan fingerprint density at radius 2 is 2.03 bits per heavy atom. The highest BCUT2D eigenvalue weighted by atomic mass is 16.6. The number of aliphatic hydroxyl groups is 1. The van der Waals surface area contributed by atoms with E-state index < -0.39 is 6.10 Å². The number of urea groups is 1. The van der Waals surface area contributed by atoms with Gasteiger partial charge in [-0.2, -0.15) is 0 Å². The fraction of sp³-hybridized carbons (Fsp3) is 0.652. The van der Waals surface area contributed by atoms with Gasteiger partial charge in [0, 0.05) is 29.8 Å². The molecule has 8 heteroatoms. The zero-order valence-corrected chi connectivity index (χ0v) is 18.1. The Bertz CT molecular complexity index is 795. The van der Waals surface area contributed by atoms with E-state index in [2.05, 4.69) is 16.0 Å². The summed E-state index contributed by atoms with van der Waals surface area (Å²) in [6, 6.07) is 5.70.